The fourth-order valence-electron chi connectivity index (χ4n) is 2.66. The second kappa shape index (κ2) is 8.71. The third-order valence-electron chi connectivity index (χ3n) is 4.17. The van der Waals surface area contributed by atoms with Crippen LogP contribution < -0.4 is 5.32 Å². The van der Waals surface area contributed by atoms with E-state index < -0.39 is 0 Å². The second-order valence-electron chi connectivity index (χ2n) is 6.19. The first kappa shape index (κ1) is 19.6. The molecule has 2 aromatic carbocycles. The van der Waals surface area contributed by atoms with Gasteiger partial charge in [0.25, 0.3) is 0 Å². The number of hydrogen-bond acceptors (Lipinski definition) is 4. The zero-order valence-electron chi connectivity index (χ0n) is 15.5. The van der Waals surface area contributed by atoms with Crippen molar-refractivity contribution >= 4 is 39.3 Å². The van der Waals surface area contributed by atoms with Crippen LogP contribution in [0.1, 0.15) is 23.9 Å². The molecular weight excluding hydrogens is 424 g/mol. The Bertz CT molecular complexity index is 953. The third kappa shape index (κ3) is 4.78. The number of nitrogens with zero attached hydrogens (tertiary/aromatic N) is 3. The number of carbonyl (C=O) groups excluding carboxylic acids is 1. The highest BCUT2D eigenvalue weighted by atomic mass is 79.9. The van der Waals surface area contributed by atoms with Crippen molar-refractivity contribution in [3.05, 3.63) is 63.9 Å². The molecule has 7 heteroatoms. The highest BCUT2D eigenvalue weighted by Gasteiger charge is 2.13. The quantitative estimate of drug-likeness (QED) is 0.546. The van der Waals surface area contributed by atoms with Gasteiger partial charge in [0.05, 0.1) is 5.75 Å². The van der Waals surface area contributed by atoms with Crippen LogP contribution in [0.3, 0.4) is 0 Å². The van der Waals surface area contributed by atoms with E-state index in [9.17, 15) is 4.79 Å². The fraction of sp³-hybridized carbons (Fsp3) is 0.250. The summed E-state index contributed by atoms with van der Waals surface area (Å²) in [7, 11) is 0. The molecule has 3 aromatic rings. The maximum absolute atomic E-state index is 12.3. The summed E-state index contributed by atoms with van der Waals surface area (Å²) >= 11 is 4.84. The molecule has 5 nitrogen and oxygen atoms in total. The molecule has 0 aliphatic carbocycles. The monoisotopic (exact) mass is 444 g/mol. The first-order valence-electron chi connectivity index (χ1n) is 8.68. The highest BCUT2D eigenvalue weighted by molar-refractivity contribution is 9.10. The predicted molar refractivity (Wildman–Crippen MR) is 114 cm³/mol. The number of hydrogen-bond donors (Lipinski definition) is 1. The first-order chi connectivity index (χ1) is 13.0. The maximum Gasteiger partial charge on any atom is 0.234 e. The lowest BCUT2D eigenvalue weighted by Gasteiger charge is -2.10. The van der Waals surface area contributed by atoms with E-state index in [1.807, 2.05) is 36.6 Å². The lowest BCUT2D eigenvalue weighted by molar-refractivity contribution is -0.113. The van der Waals surface area contributed by atoms with Gasteiger partial charge in [0.15, 0.2) is 5.16 Å². The van der Waals surface area contributed by atoms with Crippen molar-refractivity contribution in [3.8, 4) is 5.69 Å². The molecule has 0 saturated heterocycles. The predicted octanol–water partition coefficient (Wildman–Crippen LogP) is 4.94. The molecule has 0 spiro atoms. The summed E-state index contributed by atoms with van der Waals surface area (Å²) in [5.74, 6) is 0.987. The summed E-state index contributed by atoms with van der Waals surface area (Å²) in [5, 5.41) is 12.0. The van der Waals surface area contributed by atoms with Crippen molar-refractivity contribution in [2.45, 2.75) is 32.3 Å². The number of anilines is 1. The Labute approximate surface area is 171 Å². The molecule has 0 saturated carbocycles. The summed E-state index contributed by atoms with van der Waals surface area (Å²) in [5.41, 5.74) is 4.14. The summed E-state index contributed by atoms with van der Waals surface area (Å²) in [4.78, 5) is 12.3. The molecular formula is C20H21BrN4OS. The van der Waals surface area contributed by atoms with Crippen LogP contribution >= 0.6 is 27.7 Å². The van der Waals surface area contributed by atoms with Crippen LogP contribution in [-0.4, -0.2) is 26.4 Å². The Balaban J connectivity index is 1.69. The van der Waals surface area contributed by atoms with Crippen molar-refractivity contribution < 1.29 is 4.79 Å². The Kier molecular flexibility index (Phi) is 6.34. The van der Waals surface area contributed by atoms with Crippen LogP contribution in [0.15, 0.2) is 52.1 Å². The zero-order chi connectivity index (χ0) is 19.4. The van der Waals surface area contributed by atoms with E-state index in [4.69, 9.17) is 0 Å². The minimum absolute atomic E-state index is 0.0738. The SMILES string of the molecule is CCc1ccc(-n2c(C)nnc2SCC(=O)Nc2ccc(Br)c(C)c2)cc1. The molecule has 140 valence electrons. The number of aromatic nitrogens is 3. The van der Waals surface area contributed by atoms with Crippen molar-refractivity contribution in [1.82, 2.24) is 14.8 Å². The summed E-state index contributed by atoms with van der Waals surface area (Å²) in [6.07, 6.45) is 0.999. The van der Waals surface area contributed by atoms with Gasteiger partial charge in [0, 0.05) is 15.8 Å². The van der Waals surface area contributed by atoms with E-state index >= 15 is 0 Å². The molecule has 0 unspecified atom stereocenters. The Morgan fingerprint density at radius 3 is 2.56 bits per heavy atom. The topological polar surface area (TPSA) is 59.8 Å². The van der Waals surface area contributed by atoms with Gasteiger partial charge >= 0.3 is 0 Å². The smallest absolute Gasteiger partial charge is 0.234 e. The van der Waals surface area contributed by atoms with E-state index in [2.05, 4.69) is 62.6 Å². The first-order valence-corrected chi connectivity index (χ1v) is 10.5. The van der Waals surface area contributed by atoms with E-state index in [-0.39, 0.29) is 11.7 Å². The normalized spacial score (nSPS) is 10.8. The van der Waals surface area contributed by atoms with E-state index in [0.29, 0.717) is 5.16 Å². The number of thioether (sulfide) groups is 1. The number of halogens is 1. The summed E-state index contributed by atoms with van der Waals surface area (Å²) in [6.45, 7) is 6.03. The highest BCUT2D eigenvalue weighted by Crippen LogP contribution is 2.23. The van der Waals surface area contributed by atoms with Crippen molar-refractivity contribution in [3.63, 3.8) is 0 Å². The molecule has 3 rings (SSSR count). The number of benzene rings is 2. The molecule has 0 aliphatic heterocycles. The summed E-state index contributed by atoms with van der Waals surface area (Å²) in [6, 6.07) is 14.1. The number of nitrogens with one attached hydrogen (secondary N) is 1. The van der Waals surface area contributed by atoms with Gasteiger partial charge in [0.2, 0.25) is 5.91 Å². The van der Waals surface area contributed by atoms with Crippen LogP contribution in [0.5, 0.6) is 0 Å². The lowest BCUT2D eigenvalue weighted by Crippen LogP contribution is -2.14. The number of aryl methyl sites for hydroxylation is 3. The maximum atomic E-state index is 12.3. The van der Waals surface area contributed by atoms with Gasteiger partial charge in [-0.15, -0.1) is 10.2 Å². The van der Waals surface area contributed by atoms with E-state index in [0.717, 1.165) is 33.7 Å². The van der Waals surface area contributed by atoms with Gasteiger partial charge in [-0.1, -0.05) is 46.7 Å². The van der Waals surface area contributed by atoms with Crippen LogP contribution in [0.4, 0.5) is 5.69 Å². The van der Waals surface area contributed by atoms with Gasteiger partial charge in [0.1, 0.15) is 5.82 Å². The zero-order valence-corrected chi connectivity index (χ0v) is 17.9. The van der Waals surface area contributed by atoms with Gasteiger partial charge in [-0.2, -0.15) is 0 Å². The second-order valence-corrected chi connectivity index (χ2v) is 7.98. The minimum atomic E-state index is -0.0738. The minimum Gasteiger partial charge on any atom is -0.325 e. The van der Waals surface area contributed by atoms with Crippen LogP contribution in [0.2, 0.25) is 0 Å². The van der Waals surface area contributed by atoms with Gasteiger partial charge in [-0.05, 0) is 61.7 Å². The van der Waals surface area contributed by atoms with Crippen LogP contribution in [0, 0.1) is 13.8 Å². The Morgan fingerprint density at radius 2 is 1.89 bits per heavy atom. The third-order valence-corrected chi connectivity index (χ3v) is 5.99. The lowest BCUT2D eigenvalue weighted by atomic mass is 10.1. The average molecular weight is 445 g/mol. The Hall–Kier alpha value is -2.12. The van der Waals surface area contributed by atoms with Crippen molar-refractivity contribution in [1.29, 1.82) is 0 Å². The molecule has 1 amide bonds. The average Bonchev–Trinajstić information content (AvgIpc) is 3.03. The van der Waals surface area contributed by atoms with Gasteiger partial charge < -0.3 is 5.32 Å². The van der Waals surface area contributed by atoms with E-state index in [1.54, 1.807) is 0 Å². The molecule has 0 radical (unpaired) electrons. The standard InChI is InChI=1S/C20H21BrN4OS/c1-4-15-5-8-17(9-6-15)25-14(3)23-24-20(25)27-12-19(26)22-16-7-10-18(21)13(2)11-16/h5-11H,4,12H2,1-3H3,(H,22,26). The molecule has 0 aliphatic rings. The van der Waals surface area contributed by atoms with Crippen molar-refractivity contribution in [2.75, 3.05) is 11.1 Å². The molecule has 1 N–H and O–H groups in total. The number of carbonyl (C=O) groups is 1. The summed E-state index contributed by atoms with van der Waals surface area (Å²) < 4.78 is 2.99. The van der Waals surface area contributed by atoms with Crippen molar-refractivity contribution in [2.24, 2.45) is 0 Å². The number of amides is 1. The molecule has 1 aromatic heterocycles. The molecule has 1 heterocycles. The fourth-order valence-corrected chi connectivity index (χ4v) is 3.71. The largest absolute Gasteiger partial charge is 0.325 e. The molecule has 0 atom stereocenters. The molecule has 27 heavy (non-hydrogen) atoms. The van der Waals surface area contributed by atoms with Gasteiger partial charge in [-0.3, -0.25) is 9.36 Å². The van der Waals surface area contributed by atoms with Crippen LogP contribution in [0.25, 0.3) is 5.69 Å². The Morgan fingerprint density at radius 1 is 1.15 bits per heavy atom. The van der Waals surface area contributed by atoms with Gasteiger partial charge in [-0.25, -0.2) is 0 Å². The van der Waals surface area contributed by atoms with Crippen LogP contribution in [-0.2, 0) is 11.2 Å². The molecule has 0 bridgehead atoms. The number of rotatable bonds is 6. The molecule has 0 fully saturated rings. The van der Waals surface area contributed by atoms with E-state index in [1.165, 1.54) is 17.3 Å².